The maximum absolute atomic E-state index is 12.0. The molecule has 1 unspecified atom stereocenters. The molecule has 7 heteroatoms. The molecule has 1 saturated heterocycles. The number of nitrogens with two attached hydrogens (primary N) is 1. The van der Waals surface area contributed by atoms with E-state index in [1.807, 2.05) is 0 Å². The number of aliphatic hydroxyl groups excluding tert-OH is 1. The highest BCUT2D eigenvalue weighted by molar-refractivity contribution is 5.92. The Balaban J connectivity index is 1.79. The van der Waals surface area contributed by atoms with Crippen LogP contribution in [0.2, 0.25) is 0 Å². The molecular weight excluding hydrogens is 270 g/mol. The van der Waals surface area contributed by atoms with E-state index in [0.29, 0.717) is 23.9 Å². The Hall–Kier alpha value is -1.73. The molecule has 21 heavy (non-hydrogen) atoms. The van der Waals surface area contributed by atoms with Gasteiger partial charge in [-0.2, -0.15) is 0 Å². The van der Waals surface area contributed by atoms with E-state index in [9.17, 15) is 9.90 Å². The van der Waals surface area contributed by atoms with Crippen molar-refractivity contribution in [2.24, 2.45) is 5.92 Å². The molecule has 0 spiro atoms. The number of hydrogen-bond acceptors (Lipinski definition) is 6. The molecule has 0 radical (unpaired) electrons. The molecule has 0 bridgehead atoms. The van der Waals surface area contributed by atoms with Gasteiger partial charge in [0, 0.05) is 31.9 Å². The number of nitrogens with zero attached hydrogens (tertiary/aromatic N) is 3. The molecule has 1 aromatic heterocycles. The van der Waals surface area contributed by atoms with Gasteiger partial charge in [0.05, 0.1) is 0 Å². The molecule has 1 amide bonds. The molecule has 0 saturated carbocycles. The third-order valence-electron chi connectivity index (χ3n) is 3.68. The Morgan fingerprint density at radius 2 is 2.38 bits per heavy atom. The van der Waals surface area contributed by atoms with Crippen molar-refractivity contribution >= 4 is 11.9 Å². The summed E-state index contributed by atoms with van der Waals surface area (Å²) in [6.07, 6.45) is 2.18. The first-order chi connectivity index (χ1) is 10.1. The molecule has 1 aromatic rings. The van der Waals surface area contributed by atoms with E-state index in [-0.39, 0.29) is 18.5 Å². The van der Waals surface area contributed by atoms with Gasteiger partial charge in [-0.25, -0.2) is 9.97 Å². The van der Waals surface area contributed by atoms with Gasteiger partial charge < -0.3 is 21.1 Å². The van der Waals surface area contributed by atoms with Crippen molar-refractivity contribution in [3.8, 4) is 0 Å². The van der Waals surface area contributed by atoms with Gasteiger partial charge in [0.2, 0.25) is 5.95 Å². The van der Waals surface area contributed by atoms with Crippen molar-refractivity contribution in [2.45, 2.75) is 19.8 Å². The van der Waals surface area contributed by atoms with Crippen LogP contribution in [0, 0.1) is 12.8 Å². The van der Waals surface area contributed by atoms with Crippen LogP contribution in [0.5, 0.6) is 0 Å². The third kappa shape index (κ3) is 4.64. The van der Waals surface area contributed by atoms with E-state index in [0.717, 1.165) is 32.5 Å². The van der Waals surface area contributed by atoms with E-state index >= 15 is 0 Å². The first kappa shape index (κ1) is 15.7. The Labute approximate surface area is 124 Å². The Morgan fingerprint density at radius 1 is 1.57 bits per heavy atom. The van der Waals surface area contributed by atoms with Gasteiger partial charge in [-0.15, -0.1) is 0 Å². The van der Waals surface area contributed by atoms with Crippen LogP contribution in [-0.2, 0) is 0 Å². The van der Waals surface area contributed by atoms with Crippen LogP contribution in [0.1, 0.15) is 29.0 Å². The standard InChI is InChI=1S/C14H23N5O2/c1-10-7-12(18-14(15)17-10)13(21)16-4-6-19-5-2-3-11(8-19)9-20/h7,11,20H,2-6,8-9H2,1H3,(H,16,21)(H2,15,17,18). The van der Waals surface area contributed by atoms with E-state index < -0.39 is 0 Å². The lowest BCUT2D eigenvalue weighted by Crippen LogP contribution is -2.41. The number of aromatic nitrogens is 2. The first-order valence-corrected chi connectivity index (χ1v) is 7.31. The minimum atomic E-state index is -0.233. The predicted octanol–water partition coefficient (Wildman–Crippen LogP) is -0.199. The quantitative estimate of drug-likeness (QED) is 0.694. The maximum Gasteiger partial charge on any atom is 0.270 e. The average molecular weight is 293 g/mol. The summed E-state index contributed by atoms with van der Waals surface area (Å²) in [4.78, 5) is 22.1. The molecule has 1 fully saturated rings. The zero-order chi connectivity index (χ0) is 15.2. The smallest absolute Gasteiger partial charge is 0.270 e. The Bertz CT molecular complexity index is 474. The number of aryl methyl sites for hydroxylation is 1. The highest BCUT2D eigenvalue weighted by atomic mass is 16.3. The molecule has 7 nitrogen and oxygen atoms in total. The lowest BCUT2D eigenvalue weighted by molar-refractivity contribution is 0.0926. The predicted molar refractivity (Wildman–Crippen MR) is 79.8 cm³/mol. The minimum Gasteiger partial charge on any atom is -0.396 e. The lowest BCUT2D eigenvalue weighted by atomic mass is 9.99. The summed E-state index contributed by atoms with van der Waals surface area (Å²) in [6.45, 7) is 5.26. The number of piperidine rings is 1. The number of likely N-dealkylation sites (tertiary alicyclic amines) is 1. The monoisotopic (exact) mass is 293 g/mol. The molecule has 0 aromatic carbocycles. The van der Waals surface area contributed by atoms with Crippen LogP contribution in [0.15, 0.2) is 6.07 Å². The Morgan fingerprint density at radius 3 is 3.10 bits per heavy atom. The Kier molecular flexibility index (Phi) is 5.46. The zero-order valence-electron chi connectivity index (χ0n) is 12.4. The van der Waals surface area contributed by atoms with Gasteiger partial charge in [0.25, 0.3) is 5.91 Å². The number of carbonyl (C=O) groups is 1. The fourth-order valence-corrected chi connectivity index (χ4v) is 2.63. The number of nitrogen functional groups attached to an aromatic ring is 1. The molecule has 2 rings (SSSR count). The highest BCUT2D eigenvalue weighted by Crippen LogP contribution is 2.14. The molecule has 1 atom stereocenters. The molecular formula is C14H23N5O2. The number of aliphatic hydroxyl groups is 1. The highest BCUT2D eigenvalue weighted by Gasteiger charge is 2.19. The zero-order valence-corrected chi connectivity index (χ0v) is 12.4. The van der Waals surface area contributed by atoms with Crippen molar-refractivity contribution in [3.63, 3.8) is 0 Å². The van der Waals surface area contributed by atoms with E-state index in [4.69, 9.17) is 5.73 Å². The van der Waals surface area contributed by atoms with Crippen molar-refractivity contribution in [3.05, 3.63) is 17.5 Å². The van der Waals surface area contributed by atoms with Crippen LogP contribution >= 0.6 is 0 Å². The van der Waals surface area contributed by atoms with Crippen molar-refractivity contribution < 1.29 is 9.90 Å². The van der Waals surface area contributed by atoms with Crippen molar-refractivity contribution in [1.29, 1.82) is 0 Å². The van der Waals surface area contributed by atoms with Crippen LogP contribution in [0.25, 0.3) is 0 Å². The van der Waals surface area contributed by atoms with Crippen LogP contribution in [0.4, 0.5) is 5.95 Å². The maximum atomic E-state index is 12.0. The topological polar surface area (TPSA) is 104 Å². The van der Waals surface area contributed by atoms with Crippen molar-refractivity contribution in [2.75, 3.05) is 38.5 Å². The molecule has 0 aliphatic carbocycles. The number of amides is 1. The number of hydrogen-bond donors (Lipinski definition) is 3. The summed E-state index contributed by atoms with van der Waals surface area (Å²) >= 11 is 0. The van der Waals surface area contributed by atoms with E-state index in [1.54, 1.807) is 13.0 Å². The van der Waals surface area contributed by atoms with Crippen LogP contribution in [0.3, 0.4) is 0 Å². The number of nitrogens with one attached hydrogen (secondary N) is 1. The second-order valence-corrected chi connectivity index (χ2v) is 5.50. The van der Waals surface area contributed by atoms with Gasteiger partial charge in [0.15, 0.2) is 0 Å². The molecule has 1 aliphatic heterocycles. The van der Waals surface area contributed by atoms with Crippen LogP contribution in [-0.4, -0.2) is 58.7 Å². The molecule has 116 valence electrons. The number of anilines is 1. The van der Waals surface area contributed by atoms with E-state index in [1.165, 1.54) is 0 Å². The minimum absolute atomic E-state index is 0.113. The summed E-state index contributed by atoms with van der Waals surface area (Å²) in [5, 5.41) is 12.0. The second kappa shape index (κ2) is 7.33. The average Bonchev–Trinajstić information content (AvgIpc) is 2.46. The summed E-state index contributed by atoms with van der Waals surface area (Å²) in [7, 11) is 0. The number of rotatable bonds is 5. The molecule has 2 heterocycles. The largest absolute Gasteiger partial charge is 0.396 e. The fourth-order valence-electron chi connectivity index (χ4n) is 2.63. The van der Waals surface area contributed by atoms with Gasteiger partial charge in [-0.3, -0.25) is 4.79 Å². The summed E-state index contributed by atoms with van der Waals surface area (Å²) < 4.78 is 0. The van der Waals surface area contributed by atoms with Crippen LogP contribution < -0.4 is 11.1 Å². The fraction of sp³-hybridized carbons (Fsp3) is 0.643. The summed E-state index contributed by atoms with van der Waals surface area (Å²) in [6, 6.07) is 1.62. The molecule has 1 aliphatic rings. The molecule has 4 N–H and O–H groups in total. The third-order valence-corrected chi connectivity index (χ3v) is 3.68. The second-order valence-electron chi connectivity index (χ2n) is 5.50. The lowest BCUT2D eigenvalue weighted by Gasteiger charge is -2.31. The van der Waals surface area contributed by atoms with Gasteiger partial charge >= 0.3 is 0 Å². The first-order valence-electron chi connectivity index (χ1n) is 7.31. The SMILES string of the molecule is Cc1cc(C(=O)NCCN2CCCC(CO)C2)nc(N)n1. The summed E-state index contributed by atoms with van der Waals surface area (Å²) in [5.41, 5.74) is 6.51. The van der Waals surface area contributed by atoms with Gasteiger partial charge in [-0.1, -0.05) is 0 Å². The number of carbonyl (C=O) groups excluding carboxylic acids is 1. The van der Waals surface area contributed by atoms with Crippen molar-refractivity contribution in [1.82, 2.24) is 20.2 Å². The van der Waals surface area contributed by atoms with Gasteiger partial charge in [-0.05, 0) is 38.3 Å². The van der Waals surface area contributed by atoms with Gasteiger partial charge in [0.1, 0.15) is 5.69 Å². The normalized spacial score (nSPS) is 19.4. The van der Waals surface area contributed by atoms with E-state index in [2.05, 4.69) is 20.2 Å². The summed E-state index contributed by atoms with van der Waals surface area (Å²) in [5.74, 6) is 0.239.